The van der Waals surface area contributed by atoms with Gasteiger partial charge in [0.25, 0.3) is 6.47 Å². The topological polar surface area (TPSA) is 88.1 Å². The summed E-state index contributed by atoms with van der Waals surface area (Å²) in [5.74, 6) is -0.0791. The molecule has 0 bridgehead atoms. The number of hydrogen-bond acceptors (Lipinski definition) is 7. The van der Waals surface area contributed by atoms with Gasteiger partial charge in [0.05, 0.1) is 12.7 Å². The van der Waals surface area contributed by atoms with Crippen molar-refractivity contribution in [1.29, 1.82) is 0 Å². The largest absolute Gasteiger partial charge is 0.493 e. The van der Waals surface area contributed by atoms with E-state index in [1.807, 2.05) is 0 Å². The van der Waals surface area contributed by atoms with Crippen molar-refractivity contribution in [2.75, 3.05) is 7.11 Å². The van der Waals surface area contributed by atoms with Crippen LogP contribution in [0, 0.1) is 0 Å². The molecule has 146 valence electrons. The Hall–Kier alpha value is -4.13. The van der Waals surface area contributed by atoms with Gasteiger partial charge < -0.3 is 18.9 Å². The second kappa shape index (κ2) is 8.71. The molecular weight excluding hydrogens is 376 g/mol. The van der Waals surface area contributed by atoms with Crippen LogP contribution in [0.1, 0.15) is 10.4 Å². The molecule has 3 aromatic rings. The molecule has 0 aliphatic carbocycles. The highest BCUT2D eigenvalue weighted by Gasteiger charge is 2.14. The number of carbonyl (C=O) groups is 3. The number of ether oxygens (including phenoxy) is 4. The minimum atomic E-state index is -0.587. The summed E-state index contributed by atoms with van der Waals surface area (Å²) in [6.45, 7) is 3.64. The van der Waals surface area contributed by atoms with E-state index in [1.165, 1.54) is 25.3 Å². The Bertz CT molecular complexity index is 1100. The zero-order valence-electron chi connectivity index (χ0n) is 15.4. The number of hydrogen-bond donors (Lipinski definition) is 0. The molecule has 0 heterocycles. The minimum Gasteiger partial charge on any atom is -0.493 e. The van der Waals surface area contributed by atoms with Crippen LogP contribution in [0.5, 0.6) is 23.0 Å². The van der Waals surface area contributed by atoms with Gasteiger partial charge in [-0.3, -0.25) is 4.79 Å². The van der Waals surface area contributed by atoms with E-state index in [1.54, 1.807) is 36.4 Å². The maximum atomic E-state index is 12.5. The second-order valence-corrected chi connectivity index (χ2v) is 5.77. The van der Waals surface area contributed by atoms with Gasteiger partial charge in [-0.15, -0.1) is 0 Å². The zero-order chi connectivity index (χ0) is 20.8. The van der Waals surface area contributed by atoms with Crippen LogP contribution in [0.3, 0.4) is 0 Å². The first-order chi connectivity index (χ1) is 14.0. The first kappa shape index (κ1) is 19.6. The summed E-state index contributed by atoms with van der Waals surface area (Å²) in [6.07, 6.45) is 1.08. The molecule has 0 aliphatic heterocycles. The van der Waals surface area contributed by atoms with Crippen molar-refractivity contribution in [1.82, 2.24) is 0 Å². The van der Waals surface area contributed by atoms with Gasteiger partial charge >= 0.3 is 11.9 Å². The highest BCUT2D eigenvalue weighted by atomic mass is 16.6. The molecule has 3 aromatic carbocycles. The predicted molar refractivity (Wildman–Crippen MR) is 104 cm³/mol. The van der Waals surface area contributed by atoms with Crippen molar-refractivity contribution in [2.24, 2.45) is 0 Å². The molecule has 3 rings (SSSR count). The molecular formula is C22H16O7. The average molecular weight is 392 g/mol. The Kier molecular flexibility index (Phi) is 5.89. The third kappa shape index (κ3) is 4.59. The molecule has 0 aromatic heterocycles. The second-order valence-electron chi connectivity index (χ2n) is 5.77. The SMILES string of the molecule is C=CC(=O)Oc1ccc2cc(C(=O)Oc3ccc(OC=O)cc3OC)ccc2c1. The van der Waals surface area contributed by atoms with Gasteiger partial charge in [0.1, 0.15) is 11.5 Å². The average Bonchev–Trinajstić information content (AvgIpc) is 2.74. The van der Waals surface area contributed by atoms with E-state index in [0.29, 0.717) is 17.8 Å². The van der Waals surface area contributed by atoms with E-state index >= 15 is 0 Å². The molecule has 0 fully saturated rings. The summed E-state index contributed by atoms with van der Waals surface area (Å²) < 4.78 is 20.4. The highest BCUT2D eigenvalue weighted by Crippen LogP contribution is 2.32. The van der Waals surface area contributed by atoms with E-state index in [4.69, 9.17) is 18.9 Å². The molecule has 7 nitrogen and oxygen atoms in total. The summed E-state index contributed by atoms with van der Waals surface area (Å²) in [4.78, 5) is 34.3. The fourth-order valence-electron chi connectivity index (χ4n) is 2.59. The number of benzene rings is 3. The number of methoxy groups -OCH3 is 1. The summed E-state index contributed by atoms with van der Waals surface area (Å²) in [7, 11) is 1.41. The molecule has 0 saturated heterocycles. The third-order valence-corrected chi connectivity index (χ3v) is 3.95. The van der Waals surface area contributed by atoms with Gasteiger partial charge in [-0.2, -0.15) is 0 Å². The van der Waals surface area contributed by atoms with Gasteiger partial charge in [-0.05, 0) is 47.2 Å². The van der Waals surface area contributed by atoms with E-state index in [9.17, 15) is 14.4 Å². The Morgan fingerprint density at radius 2 is 1.59 bits per heavy atom. The number of rotatable bonds is 7. The van der Waals surface area contributed by atoms with Crippen LogP contribution in [0.15, 0.2) is 67.3 Å². The first-order valence-electron chi connectivity index (χ1n) is 8.42. The summed E-state index contributed by atoms with van der Waals surface area (Å²) in [5, 5.41) is 1.54. The highest BCUT2D eigenvalue weighted by molar-refractivity contribution is 5.97. The number of esters is 2. The summed E-state index contributed by atoms with van der Waals surface area (Å²) >= 11 is 0. The summed E-state index contributed by atoms with van der Waals surface area (Å²) in [5.41, 5.74) is 0.323. The fourth-order valence-corrected chi connectivity index (χ4v) is 2.59. The van der Waals surface area contributed by atoms with Gasteiger partial charge in [-0.1, -0.05) is 18.7 Å². The van der Waals surface area contributed by atoms with Crippen molar-refractivity contribution >= 4 is 29.2 Å². The van der Waals surface area contributed by atoms with Crippen molar-refractivity contribution in [2.45, 2.75) is 0 Å². The molecule has 0 N–H and O–H groups in total. The smallest absolute Gasteiger partial charge is 0.343 e. The zero-order valence-corrected chi connectivity index (χ0v) is 15.4. The quantitative estimate of drug-likeness (QED) is 0.262. The first-order valence-corrected chi connectivity index (χ1v) is 8.42. The van der Waals surface area contributed by atoms with Crippen molar-refractivity contribution in [3.05, 3.63) is 72.8 Å². The van der Waals surface area contributed by atoms with Gasteiger partial charge in [0.15, 0.2) is 11.5 Å². The Morgan fingerprint density at radius 3 is 2.31 bits per heavy atom. The maximum absolute atomic E-state index is 12.5. The fraction of sp³-hybridized carbons (Fsp3) is 0.0455. The van der Waals surface area contributed by atoms with Crippen LogP contribution in [0.2, 0.25) is 0 Å². The predicted octanol–water partition coefficient (Wildman–Crippen LogP) is 3.69. The lowest BCUT2D eigenvalue weighted by molar-refractivity contribution is -0.129. The minimum absolute atomic E-state index is 0.183. The van der Waals surface area contributed by atoms with E-state index < -0.39 is 11.9 Å². The number of carbonyl (C=O) groups excluding carboxylic acids is 3. The van der Waals surface area contributed by atoms with Crippen LogP contribution in [-0.4, -0.2) is 25.5 Å². The molecule has 0 spiro atoms. The van der Waals surface area contributed by atoms with Crippen LogP contribution in [0.4, 0.5) is 0 Å². The monoisotopic (exact) mass is 392 g/mol. The Labute approximate surface area is 166 Å². The van der Waals surface area contributed by atoms with E-state index in [0.717, 1.165) is 16.8 Å². The van der Waals surface area contributed by atoms with Gasteiger partial charge in [0, 0.05) is 12.1 Å². The van der Waals surface area contributed by atoms with Gasteiger partial charge in [-0.25, -0.2) is 9.59 Å². The summed E-state index contributed by atoms with van der Waals surface area (Å²) in [6, 6.07) is 14.4. The number of fused-ring (bicyclic) bond motifs is 1. The van der Waals surface area contributed by atoms with Crippen LogP contribution in [-0.2, 0) is 9.59 Å². The lowest BCUT2D eigenvalue weighted by atomic mass is 10.1. The van der Waals surface area contributed by atoms with Crippen LogP contribution >= 0.6 is 0 Å². The lowest BCUT2D eigenvalue weighted by Gasteiger charge is -2.11. The van der Waals surface area contributed by atoms with Crippen LogP contribution < -0.4 is 18.9 Å². The van der Waals surface area contributed by atoms with Crippen LogP contribution in [0.25, 0.3) is 10.8 Å². The normalized spacial score (nSPS) is 10.1. The standard InChI is InChI=1S/C22H16O7/c1-3-21(24)28-18-7-6-14-10-16(5-4-15(14)11-18)22(25)29-19-9-8-17(27-13-23)12-20(19)26-2/h3-13H,1H2,2H3. The maximum Gasteiger partial charge on any atom is 0.343 e. The van der Waals surface area contributed by atoms with Crippen molar-refractivity contribution in [3.8, 4) is 23.0 Å². The molecule has 0 amide bonds. The lowest BCUT2D eigenvalue weighted by Crippen LogP contribution is -2.09. The third-order valence-electron chi connectivity index (χ3n) is 3.95. The molecule has 29 heavy (non-hydrogen) atoms. The Morgan fingerprint density at radius 1 is 0.862 bits per heavy atom. The van der Waals surface area contributed by atoms with Gasteiger partial charge in [0.2, 0.25) is 0 Å². The van der Waals surface area contributed by atoms with E-state index in [2.05, 4.69) is 6.58 Å². The molecule has 0 saturated carbocycles. The molecule has 0 unspecified atom stereocenters. The van der Waals surface area contributed by atoms with E-state index in [-0.39, 0.29) is 17.2 Å². The van der Waals surface area contributed by atoms with Crippen molar-refractivity contribution in [3.63, 3.8) is 0 Å². The molecule has 0 aliphatic rings. The molecule has 7 heteroatoms. The Balaban J connectivity index is 1.82. The molecule has 0 atom stereocenters. The van der Waals surface area contributed by atoms with Crippen molar-refractivity contribution < 1.29 is 33.3 Å². The molecule has 0 radical (unpaired) electrons.